The van der Waals surface area contributed by atoms with Crippen molar-refractivity contribution in [3.05, 3.63) is 54.3 Å². The van der Waals surface area contributed by atoms with E-state index in [0.717, 1.165) is 19.3 Å². The molecule has 1 atom stereocenters. The van der Waals surface area contributed by atoms with Crippen LogP contribution in [-0.2, 0) is 4.79 Å². The van der Waals surface area contributed by atoms with Crippen LogP contribution in [0, 0.1) is 17.7 Å². The van der Waals surface area contributed by atoms with Gasteiger partial charge in [-0.1, -0.05) is 18.4 Å². The number of carbonyl (C=O) groups is 1. The van der Waals surface area contributed by atoms with Crippen molar-refractivity contribution >= 4 is 39.9 Å². The number of aromatic nitrogens is 4. The van der Waals surface area contributed by atoms with E-state index < -0.39 is 5.82 Å². The average molecular weight is 471 g/mol. The van der Waals surface area contributed by atoms with Crippen molar-refractivity contribution in [3.8, 4) is 11.8 Å². The van der Waals surface area contributed by atoms with Crippen molar-refractivity contribution in [2.24, 2.45) is 0 Å². The maximum absolute atomic E-state index is 14.8. The summed E-state index contributed by atoms with van der Waals surface area (Å²) in [6.07, 6.45) is 7.48. The Labute approximate surface area is 199 Å². The number of nitrogens with one attached hydrogen (secondary N) is 1. The van der Waals surface area contributed by atoms with E-state index in [9.17, 15) is 9.18 Å². The highest BCUT2D eigenvalue weighted by Crippen LogP contribution is 2.31. The number of carbonyl (C=O) groups excluding carboxylic acids is 1. The van der Waals surface area contributed by atoms with Crippen LogP contribution in [0.25, 0.3) is 22.1 Å². The van der Waals surface area contributed by atoms with Crippen LogP contribution in [0.2, 0.25) is 0 Å². The number of halogens is 1. The summed E-state index contributed by atoms with van der Waals surface area (Å²) in [7, 11) is 0. The van der Waals surface area contributed by atoms with Crippen LogP contribution in [0.15, 0.2) is 41.7 Å². The lowest BCUT2D eigenvalue weighted by Gasteiger charge is -2.15. The third-order valence-electron chi connectivity index (χ3n) is 6.40. The molecular formula is C25H22FN7O2. The summed E-state index contributed by atoms with van der Waals surface area (Å²) in [6.45, 7) is 4.72. The highest BCUT2D eigenvalue weighted by molar-refractivity contribution is 5.92. The Hall–Kier alpha value is -4.39. The van der Waals surface area contributed by atoms with E-state index in [1.807, 2.05) is 10.8 Å². The molecule has 2 fully saturated rings. The molecule has 0 unspecified atom stereocenters. The van der Waals surface area contributed by atoms with Gasteiger partial charge in [-0.05, 0) is 31.4 Å². The molecule has 6 rings (SSSR count). The van der Waals surface area contributed by atoms with Crippen LogP contribution in [0.5, 0.6) is 0 Å². The second-order valence-electron chi connectivity index (χ2n) is 8.83. The molecule has 176 valence electrons. The first kappa shape index (κ1) is 21.2. The van der Waals surface area contributed by atoms with E-state index in [0.29, 0.717) is 58.7 Å². The van der Waals surface area contributed by atoms with Gasteiger partial charge in [0.1, 0.15) is 29.1 Å². The number of oxazole rings is 1. The van der Waals surface area contributed by atoms with Crippen LogP contribution >= 0.6 is 0 Å². The molecule has 1 aliphatic carbocycles. The van der Waals surface area contributed by atoms with Crippen LogP contribution < -0.4 is 11.1 Å². The fourth-order valence-electron chi connectivity index (χ4n) is 4.42. The fourth-order valence-corrected chi connectivity index (χ4v) is 4.42. The molecule has 0 bridgehead atoms. The fraction of sp³-hybridized carbons (Fsp3) is 0.280. The van der Waals surface area contributed by atoms with Gasteiger partial charge in [0, 0.05) is 31.4 Å². The van der Waals surface area contributed by atoms with Crippen molar-refractivity contribution in [2.75, 3.05) is 24.1 Å². The monoisotopic (exact) mass is 471 g/mol. The molecule has 1 saturated carbocycles. The lowest BCUT2D eigenvalue weighted by Crippen LogP contribution is -2.27. The lowest BCUT2D eigenvalue weighted by molar-refractivity contribution is -0.125. The second-order valence-corrected chi connectivity index (χ2v) is 8.83. The van der Waals surface area contributed by atoms with Gasteiger partial charge in [0.25, 0.3) is 6.01 Å². The number of nitrogen functional groups attached to an aromatic ring is 1. The Kier molecular flexibility index (Phi) is 4.91. The van der Waals surface area contributed by atoms with Gasteiger partial charge in [-0.15, -0.1) is 0 Å². The van der Waals surface area contributed by atoms with Crippen LogP contribution in [0.4, 0.5) is 16.2 Å². The van der Waals surface area contributed by atoms with Crippen LogP contribution in [-0.4, -0.2) is 49.5 Å². The largest absolute Gasteiger partial charge is 0.423 e. The van der Waals surface area contributed by atoms with E-state index in [2.05, 4.69) is 38.7 Å². The number of amides is 1. The van der Waals surface area contributed by atoms with Crippen molar-refractivity contribution < 1.29 is 13.6 Å². The molecule has 1 aromatic carbocycles. The highest BCUT2D eigenvalue weighted by Gasteiger charge is 2.28. The van der Waals surface area contributed by atoms with E-state index in [4.69, 9.17) is 10.2 Å². The van der Waals surface area contributed by atoms with Crippen LogP contribution in [0.3, 0.4) is 0 Å². The summed E-state index contributed by atoms with van der Waals surface area (Å²) >= 11 is 0. The van der Waals surface area contributed by atoms with Crippen molar-refractivity contribution in [2.45, 2.75) is 31.3 Å². The molecule has 4 heterocycles. The minimum absolute atomic E-state index is 0.00635. The zero-order valence-corrected chi connectivity index (χ0v) is 18.8. The summed E-state index contributed by atoms with van der Waals surface area (Å²) in [5, 5.41) is 3.78. The van der Waals surface area contributed by atoms with Crippen molar-refractivity contribution in [1.82, 2.24) is 24.4 Å². The predicted molar refractivity (Wildman–Crippen MR) is 129 cm³/mol. The molecule has 10 heteroatoms. The second kappa shape index (κ2) is 8.13. The number of likely N-dealkylation sites (tertiary alicyclic amines) is 1. The number of fused-ring (bicyclic) bond motifs is 2. The van der Waals surface area contributed by atoms with Crippen molar-refractivity contribution in [3.63, 3.8) is 0 Å². The molecule has 3 aromatic heterocycles. The number of benzene rings is 1. The summed E-state index contributed by atoms with van der Waals surface area (Å²) < 4.78 is 22.4. The van der Waals surface area contributed by atoms with Crippen molar-refractivity contribution in [1.29, 1.82) is 0 Å². The third kappa shape index (κ3) is 3.85. The number of nitrogens with two attached hydrogens (primary N) is 1. The zero-order valence-electron chi connectivity index (χ0n) is 18.8. The first-order chi connectivity index (χ1) is 17.0. The molecule has 9 nitrogen and oxygen atoms in total. The first-order valence-corrected chi connectivity index (χ1v) is 11.4. The molecular weight excluding hydrogens is 449 g/mol. The van der Waals surface area contributed by atoms with Gasteiger partial charge < -0.3 is 24.9 Å². The lowest BCUT2D eigenvalue weighted by atomic mass is 10.1. The number of hydrogen-bond donors (Lipinski definition) is 2. The molecule has 4 aromatic rings. The van der Waals surface area contributed by atoms with E-state index in [1.54, 1.807) is 11.0 Å². The minimum Gasteiger partial charge on any atom is -0.423 e. The number of hydrogen-bond acceptors (Lipinski definition) is 7. The summed E-state index contributed by atoms with van der Waals surface area (Å²) in [5.74, 6) is 5.65. The Morgan fingerprint density at radius 1 is 1.26 bits per heavy atom. The Morgan fingerprint density at radius 2 is 2.09 bits per heavy atom. The standard InChI is InChI=1S/C25H22FN7O2/c1-2-21(34)32-8-7-17(12-32)33-11-15(22-23(27)28-13-29-24(22)33)4-3-14-9-19-20(10-18(14)26)35-25(31-19)30-16-5-6-16/h2,9-11,13,16-17H,1,5-8,12H2,(H,30,31)(H2,27,28,29)/t17-/m0/s1. The Balaban J connectivity index is 1.36. The third-order valence-corrected chi connectivity index (χ3v) is 6.40. The molecule has 2 aliphatic rings. The van der Waals surface area contributed by atoms with Gasteiger partial charge in [-0.25, -0.2) is 14.4 Å². The van der Waals surface area contributed by atoms with Gasteiger partial charge >= 0.3 is 0 Å². The van der Waals surface area contributed by atoms with E-state index in [1.165, 1.54) is 18.5 Å². The topological polar surface area (TPSA) is 115 Å². The molecule has 0 radical (unpaired) electrons. The first-order valence-electron chi connectivity index (χ1n) is 11.4. The summed E-state index contributed by atoms with van der Waals surface area (Å²) in [5.41, 5.74) is 8.48. The van der Waals surface area contributed by atoms with E-state index in [-0.39, 0.29) is 17.5 Å². The maximum atomic E-state index is 14.8. The molecule has 1 aliphatic heterocycles. The summed E-state index contributed by atoms with van der Waals surface area (Å²) in [4.78, 5) is 26.7. The molecule has 1 amide bonds. The molecule has 0 spiro atoms. The summed E-state index contributed by atoms with van der Waals surface area (Å²) in [6, 6.07) is 3.65. The predicted octanol–water partition coefficient (Wildman–Crippen LogP) is 3.23. The SMILES string of the molecule is C=CC(=O)N1CC[C@H](n2cc(C#Cc3cc4nc(NC5CC5)oc4cc3F)c3c(N)ncnc32)C1. The minimum atomic E-state index is -0.499. The zero-order chi connectivity index (χ0) is 24.1. The smallest absolute Gasteiger partial charge is 0.295 e. The molecule has 1 saturated heterocycles. The van der Waals surface area contributed by atoms with Gasteiger partial charge in [-0.3, -0.25) is 4.79 Å². The Morgan fingerprint density at radius 3 is 2.89 bits per heavy atom. The van der Waals surface area contributed by atoms with Gasteiger partial charge in [-0.2, -0.15) is 4.98 Å². The molecule has 3 N–H and O–H groups in total. The maximum Gasteiger partial charge on any atom is 0.295 e. The average Bonchev–Trinajstić information content (AvgIpc) is 3.22. The number of anilines is 2. The van der Waals surface area contributed by atoms with Gasteiger partial charge in [0.05, 0.1) is 22.6 Å². The van der Waals surface area contributed by atoms with Gasteiger partial charge in [0.2, 0.25) is 5.91 Å². The highest BCUT2D eigenvalue weighted by atomic mass is 19.1. The Bertz CT molecular complexity index is 1560. The van der Waals surface area contributed by atoms with E-state index >= 15 is 0 Å². The number of nitrogens with zero attached hydrogens (tertiary/aromatic N) is 5. The molecule has 35 heavy (non-hydrogen) atoms. The van der Waals surface area contributed by atoms with Crippen LogP contribution in [0.1, 0.15) is 36.4 Å². The normalized spacial score (nSPS) is 17.5. The van der Waals surface area contributed by atoms with Gasteiger partial charge in [0.15, 0.2) is 5.58 Å². The number of rotatable bonds is 4. The quantitative estimate of drug-likeness (QED) is 0.347.